The van der Waals surface area contributed by atoms with Crippen molar-refractivity contribution in [2.24, 2.45) is 5.92 Å². The van der Waals surface area contributed by atoms with E-state index in [1.54, 1.807) is 4.90 Å². The third kappa shape index (κ3) is 2.13. The maximum atomic E-state index is 13.6. The van der Waals surface area contributed by atoms with Crippen LogP contribution in [-0.2, 0) is 0 Å². The number of anilines is 1. The third-order valence-electron chi connectivity index (χ3n) is 5.54. The fourth-order valence-electron chi connectivity index (χ4n) is 4.50. The van der Waals surface area contributed by atoms with E-state index in [0.29, 0.717) is 28.6 Å². The molecule has 0 spiro atoms. The predicted molar refractivity (Wildman–Crippen MR) is 95.9 cm³/mol. The molecule has 26 heavy (non-hydrogen) atoms. The van der Waals surface area contributed by atoms with Gasteiger partial charge in [0.15, 0.2) is 16.6 Å². The van der Waals surface area contributed by atoms with Gasteiger partial charge in [0.2, 0.25) is 6.79 Å². The summed E-state index contributed by atoms with van der Waals surface area (Å²) >= 11 is 1.44. The third-order valence-corrected chi connectivity index (χ3v) is 6.56. The average molecular weight is 378 g/mol. The number of aromatic nitrogens is 1. The van der Waals surface area contributed by atoms with E-state index in [-0.39, 0.29) is 36.9 Å². The number of hydrogen-bond donors (Lipinski definition) is 1. The van der Waals surface area contributed by atoms with Gasteiger partial charge in [0.25, 0.3) is 0 Å². The summed E-state index contributed by atoms with van der Waals surface area (Å²) < 4.78 is 25.4. The second-order valence-corrected chi connectivity index (χ2v) is 8.17. The number of ether oxygens (including phenoxy) is 2. The quantitative estimate of drug-likeness (QED) is 0.887. The van der Waals surface area contributed by atoms with Gasteiger partial charge in [-0.25, -0.2) is 9.78 Å². The molecule has 4 atom stereocenters. The van der Waals surface area contributed by atoms with Crippen LogP contribution in [0.1, 0.15) is 6.42 Å². The Morgan fingerprint density at radius 2 is 2.27 bits per heavy atom. The number of nitrogens with zero attached hydrogens (tertiary/aromatic N) is 3. The zero-order valence-corrected chi connectivity index (χ0v) is 15.3. The molecule has 3 aliphatic rings. The van der Waals surface area contributed by atoms with Gasteiger partial charge in [-0.1, -0.05) is 11.3 Å². The molecule has 2 aliphatic heterocycles. The van der Waals surface area contributed by atoms with E-state index >= 15 is 0 Å². The second-order valence-electron chi connectivity index (χ2n) is 7.16. The lowest BCUT2D eigenvalue weighted by atomic mass is 10.0. The number of hydrogen-bond acceptors (Lipinski definition) is 6. The molecule has 138 valence electrons. The summed E-state index contributed by atoms with van der Waals surface area (Å²) in [5.74, 6) is 1.20. The maximum absolute atomic E-state index is 13.6. The molecular weight excluding hydrogens is 359 g/mol. The first-order chi connectivity index (χ1) is 12.6. The van der Waals surface area contributed by atoms with Crippen LogP contribution < -0.4 is 19.7 Å². The van der Waals surface area contributed by atoms with Crippen LogP contribution in [0.4, 0.5) is 14.3 Å². The lowest BCUT2D eigenvalue weighted by Gasteiger charge is -2.28. The number of halogens is 1. The zero-order chi connectivity index (χ0) is 18.0. The van der Waals surface area contributed by atoms with E-state index in [1.807, 2.05) is 31.1 Å². The Morgan fingerprint density at radius 3 is 3.04 bits per heavy atom. The van der Waals surface area contributed by atoms with E-state index in [2.05, 4.69) is 10.3 Å². The fraction of sp³-hybridized carbons (Fsp3) is 0.529. The van der Waals surface area contributed by atoms with Crippen molar-refractivity contribution in [3.63, 3.8) is 0 Å². The number of nitrogens with one attached hydrogen (secondary N) is 1. The summed E-state index contributed by atoms with van der Waals surface area (Å²) in [7, 11) is 3.87. The monoisotopic (exact) mass is 378 g/mol. The highest BCUT2D eigenvalue weighted by molar-refractivity contribution is 7.22. The zero-order valence-electron chi connectivity index (χ0n) is 14.4. The molecule has 1 saturated heterocycles. The Kier molecular flexibility index (Phi) is 3.51. The topological polar surface area (TPSA) is 66.9 Å². The molecule has 0 bridgehead atoms. The Hall–Kier alpha value is -2.13. The summed E-state index contributed by atoms with van der Waals surface area (Å²) in [4.78, 5) is 21.1. The van der Waals surface area contributed by atoms with E-state index < -0.39 is 6.67 Å². The van der Waals surface area contributed by atoms with Crippen molar-refractivity contribution in [1.29, 1.82) is 0 Å². The molecule has 1 N–H and O–H groups in total. The highest BCUT2D eigenvalue weighted by Crippen LogP contribution is 2.45. The molecule has 3 heterocycles. The molecule has 9 heteroatoms. The average Bonchev–Trinajstić information content (AvgIpc) is 3.33. The molecule has 2 amide bonds. The van der Waals surface area contributed by atoms with Gasteiger partial charge in [-0.15, -0.1) is 0 Å². The van der Waals surface area contributed by atoms with Gasteiger partial charge in [0, 0.05) is 12.0 Å². The highest BCUT2D eigenvalue weighted by Gasteiger charge is 2.54. The number of urea groups is 1. The molecule has 0 radical (unpaired) electrons. The lowest BCUT2D eigenvalue weighted by Crippen LogP contribution is -2.47. The molecule has 0 unspecified atom stereocenters. The van der Waals surface area contributed by atoms with Gasteiger partial charge < -0.3 is 19.7 Å². The second kappa shape index (κ2) is 5.68. The van der Waals surface area contributed by atoms with Crippen LogP contribution in [0.2, 0.25) is 0 Å². The molecule has 1 saturated carbocycles. The molecule has 1 aromatic heterocycles. The SMILES string of the molecule is CN(C)[C@@H]1[C@@H](CF)C[C@@H]2[C@H]1NC(=O)N2c1nc2c3c(ccc2s1)OCO3. The van der Waals surface area contributed by atoms with Crippen molar-refractivity contribution in [3.8, 4) is 11.5 Å². The molecule has 5 rings (SSSR count). The summed E-state index contributed by atoms with van der Waals surface area (Å²) in [6, 6.07) is 3.40. The first kappa shape index (κ1) is 16.1. The number of benzene rings is 1. The smallest absolute Gasteiger partial charge is 0.324 e. The van der Waals surface area contributed by atoms with Crippen LogP contribution in [0.15, 0.2) is 12.1 Å². The van der Waals surface area contributed by atoms with Gasteiger partial charge in [-0.05, 0) is 32.6 Å². The fourth-order valence-corrected chi connectivity index (χ4v) is 5.52. The van der Waals surface area contributed by atoms with Gasteiger partial charge >= 0.3 is 6.03 Å². The maximum Gasteiger partial charge on any atom is 0.324 e. The largest absolute Gasteiger partial charge is 0.454 e. The van der Waals surface area contributed by atoms with E-state index in [1.165, 1.54) is 11.3 Å². The summed E-state index contributed by atoms with van der Waals surface area (Å²) in [5.41, 5.74) is 0.709. The number of thiazole rings is 1. The van der Waals surface area contributed by atoms with E-state index in [0.717, 1.165) is 4.70 Å². The number of rotatable bonds is 3. The van der Waals surface area contributed by atoms with Crippen molar-refractivity contribution >= 4 is 32.7 Å². The summed E-state index contributed by atoms with van der Waals surface area (Å²) in [6.45, 7) is -0.211. The molecule has 1 aromatic carbocycles. The van der Waals surface area contributed by atoms with Crippen LogP contribution in [0, 0.1) is 5.92 Å². The van der Waals surface area contributed by atoms with Crippen molar-refractivity contribution < 1.29 is 18.7 Å². The molecule has 2 fully saturated rings. The van der Waals surface area contributed by atoms with Crippen LogP contribution in [0.25, 0.3) is 10.2 Å². The highest BCUT2D eigenvalue weighted by atomic mass is 32.1. The molecule has 7 nitrogen and oxygen atoms in total. The number of likely N-dealkylation sites (N-methyl/N-ethyl adjacent to an activating group) is 1. The summed E-state index contributed by atoms with van der Waals surface area (Å²) in [5, 5.41) is 3.66. The first-order valence-electron chi connectivity index (χ1n) is 8.59. The number of amides is 2. The van der Waals surface area contributed by atoms with Gasteiger partial charge in [-0.3, -0.25) is 9.29 Å². The van der Waals surface area contributed by atoms with Crippen molar-refractivity contribution in [2.45, 2.75) is 24.5 Å². The Bertz CT molecular complexity index is 888. The van der Waals surface area contributed by atoms with Gasteiger partial charge in [-0.2, -0.15) is 0 Å². The van der Waals surface area contributed by atoms with Crippen molar-refractivity contribution in [1.82, 2.24) is 15.2 Å². The standard InChI is InChI=1S/C17H19FN4O3S/c1-21(2)14-8(6-18)5-9-12(14)19-16(23)22(9)17-20-13-11(26-17)4-3-10-15(13)25-7-24-10/h3-4,8-9,12,14H,5-7H2,1-2H3,(H,19,23)/t8-,9-,12-,14-/m1/s1. The molecule has 2 aromatic rings. The van der Waals surface area contributed by atoms with Crippen molar-refractivity contribution in [2.75, 3.05) is 32.5 Å². The number of fused-ring (bicyclic) bond motifs is 4. The van der Waals surface area contributed by atoms with Crippen LogP contribution in [-0.4, -0.2) is 61.6 Å². The lowest BCUT2D eigenvalue weighted by molar-refractivity contribution is 0.174. The van der Waals surface area contributed by atoms with Crippen molar-refractivity contribution in [3.05, 3.63) is 12.1 Å². The predicted octanol–water partition coefficient (Wildman–Crippen LogP) is 2.21. The number of carbonyl (C=O) groups is 1. The van der Waals surface area contributed by atoms with Crippen LogP contribution >= 0.6 is 11.3 Å². The minimum atomic E-state index is -0.391. The summed E-state index contributed by atoms with van der Waals surface area (Å²) in [6.07, 6.45) is 0.621. The van der Waals surface area contributed by atoms with Gasteiger partial charge in [0.1, 0.15) is 5.52 Å². The minimum absolute atomic E-state index is 0.0192. The minimum Gasteiger partial charge on any atom is -0.454 e. The van der Waals surface area contributed by atoms with E-state index in [4.69, 9.17) is 9.47 Å². The van der Waals surface area contributed by atoms with Crippen LogP contribution in [0.3, 0.4) is 0 Å². The van der Waals surface area contributed by atoms with Gasteiger partial charge in [0.05, 0.1) is 23.5 Å². The normalized spacial score (nSPS) is 29.7. The molecular formula is C17H19FN4O3S. The molecule has 1 aliphatic carbocycles. The Morgan fingerprint density at radius 1 is 1.42 bits per heavy atom. The number of carbonyl (C=O) groups excluding carboxylic acids is 1. The first-order valence-corrected chi connectivity index (χ1v) is 9.41. The number of alkyl halides is 1. The van der Waals surface area contributed by atoms with Crippen LogP contribution in [0.5, 0.6) is 11.5 Å². The Labute approximate surface area is 153 Å². The van der Waals surface area contributed by atoms with E-state index in [9.17, 15) is 9.18 Å². The Balaban J connectivity index is 1.54.